The van der Waals surface area contributed by atoms with Gasteiger partial charge in [0, 0.05) is 7.11 Å². The Labute approximate surface area is 121 Å². The van der Waals surface area contributed by atoms with E-state index in [0.29, 0.717) is 11.5 Å². The summed E-state index contributed by atoms with van der Waals surface area (Å²) in [6.45, 7) is 1.57. The van der Waals surface area contributed by atoms with Crippen molar-refractivity contribution in [2.45, 2.75) is 25.2 Å². The van der Waals surface area contributed by atoms with Gasteiger partial charge >= 0.3 is 5.97 Å². The zero-order valence-corrected chi connectivity index (χ0v) is 11.7. The third-order valence-electron chi connectivity index (χ3n) is 3.12. The summed E-state index contributed by atoms with van der Waals surface area (Å²) in [5, 5.41) is 11.3. The average Bonchev–Trinajstić information content (AvgIpc) is 2.46. The Morgan fingerprint density at radius 2 is 1.95 bits per heavy atom. The van der Waals surface area contributed by atoms with E-state index in [1.54, 1.807) is 25.1 Å². The SMILES string of the molecule is COC(CNC(=O)C1Oc2ccccc2OC1C)C(=O)O. The molecule has 1 aliphatic heterocycles. The molecule has 7 heteroatoms. The molecule has 0 saturated carbocycles. The van der Waals surface area contributed by atoms with Crippen LogP contribution in [0.25, 0.3) is 0 Å². The molecule has 21 heavy (non-hydrogen) atoms. The number of para-hydroxylation sites is 2. The first kappa shape index (κ1) is 15.1. The lowest BCUT2D eigenvalue weighted by molar-refractivity contribution is -0.148. The van der Waals surface area contributed by atoms with Crippen LogP contribution in [0, 0.1) is 0 Å². The Morgan fingerprint density at radius 1 is 1.33 bits per heavy atom. The third-order valence-corrected chi connectivity index (χ3v) is 3.12. The molecule has 2 N–H and O–H groups in total. The lowest BCUT2D eigenvalue weighted by Crippen LogP contribution is -2.51. The van der Waals surface area contributed by atoms with Gasteiger partial charge < -0.3 is 24.6 Å². The molecule has 114 valence electrons. The minimum atomic E-state index is -1.14. The van der Waals surface area contributed by atoms with Crippen molar-refractivity contribution in [2.75, 3.05) is 13.7 Å². The first-order chi connectivity index (χ1) is 10.0. The number of hydrogen-bond donors (Lipinski definition) is 2. The van der Waals surface area contributed by atoms with Crippen LogP contribution in [0.5, 0.6) is 11.5 Å². The minimum absolute atomic E-state index is 0.140. The summed E-state index contributed by atoms with van der Waals surface area (Å²) < 4.78 is 16.0. The van der Waals surface area contributed by atoms with Crippen molar-refractivity contribution in [2.24, 2.45) is 0 Å². The van der Waals surface area contributed by atoms with Gasteiger partial charge in [-0.05, 0) is 19.1 Å². The van der Waals surface area contributed by atoms with Gasteiger partial charge in [0.05, 0.1) is 6.54 Å². The van der Waals surface area contributed by atoms with E-state index in [1.807, 2.05) is 6.07 Å². The standard InChI is InChI=1S/C14H17NO6/c1-8-12(13(16)15-7-11(19-2)14(17)18)21-10-6-4-3-5-9(10)20-8/h3-6,8,11-12H,7H2,1-2H3,(H,15,16)(H,17,18). The predicted molar refractivity (Wildman–Crippen MR) is 72.4 cm³/mol. The highest BCUT2D eigenvalue weighted by atomic mass is 16.6. The molecule has 3 atom stereocenters. The van der Waals surface area contributed by atoms with Crippen LogP contribution in [0.3, 0.4) is 0 Å². The van der Waals surface area contributed by atoms with E-state index in [1.165, 1.54) is 7.11 Å². The van der Waals surface area contributed by atoms with E-state index in [0.717, 1.165) is 0 Å². The number of nitrogens with one attached hydrogen (secondary N) is 1. The van der Waals surface area contributed by atoms with Crippen molar-refractivity contribution >= 4 is 11.9 Å². The lowest BCUT2D eigenvalue weighted by atomic mass is 10.1. The van der Waals surface area contributed by atoms with Crippen LogP contribution in [0.4, 0.5) is 0 Å². The number of aliphatic carboxylic acids is 1. The Balaban J connectivity index is 1.99. The van der Waals surface area contributed by atoms with E-state index in [4.69, 9.17) is 19.3 Å². The first-order valence-corrected chi connectivity index (χ1v) is 6.48. The average molecular weight is 295 g/mol. The van der Waals surface area contributed by atoms with Crippen LogP contribution in [0.1, 0.15) is 6.92 Å². The molecule has 0 bridgehead atoms. The number of carboxylic acid groups (broad SMARTS) is 1. The Kier molecular flexibility index (Phi) is 4.64. The summed E-state index contributed by atoms with van der Waals surface area (Å²) in [5.74, 6) is -0.524. The van der Waals surface area contributed by atoms with Gasteiger partial charge in [-0.2, -0.15) is 0 Å². The fraction of sp³-hybridized carbons (Fsp3) is 0.429. The van der Waals surface area contributed by atoms with E-state index in [2.05, 4.69) is 5.32 Å². The molecular weight excluding hydrogens is 278 g/mol. The Bertz CT molecular complexity index is 532. The molecule has 1 aromatic rings. The number of benzene rings is 1. The molecular formula is C14H17NO6. The molecule has 3 unspecified atom stereocenters. The number of fused-ring (bicyclic) bond motifs is 1. The molecule has 0 spiro atoms. The summed E-state index contributed by atoms with van der Waals surface area (Å²) in [7, 11) is 1.27. The summed E-state index contributed by atoms with van der Waals surface area (Å²) in [6.07, 6.45) is -2.42. The second kappa shape index (κ2) is 6.45. The van der Waals surface area contributed by atoms with Crippen molar-refractivity contribution in [3.8, 4) is 11.5 Å². The van der Waals surface area contributed by atoms with Crippen LogP contribution >= 0.6 is 0 Å². The predicted octanol–water partition coefficient (Wildman–Crippen LogP) is 0.431. The highest BCUT2D eigenvalue weighted by Crippen LogP contribution is 2.33. The second-order valence-corrected chi connectivity index (χ2v) is 4.62. The topological polar surface area (TPSA) is 94.1 Å². The molecule has 0 fully saturated rings. The van der Waals surface area contributed by atoms with E-state index < -0.39 is 30.2 Å². The Hall–Kier alpha value is -2.28. The highest BCUT2D eigenvalue weighted by Gasteiger charge is 2.34. The fourth-order valence-corrected chi connectivity index (χ4v) is 1.97. The molecule has 7 nitrogen and oxygen atoms in total. The number of carbonyl (C=O) groups excluding carboxylic acids is 1. The number of methoxy groups -OCH3 is 1. The van der Waals surface area contributed by atoms with Gasteiger partial charge in [0.1, 0.15) is 6.10 Å². The summed E-state index contributed by atoms with van der Waals surface area (Å²) in [5.41, 5.74) is 0. The minimum Gasteiger partial charge on any atom is -0.482 e. The van der Waals surface area contributed by atoms with Gasteiger partial charge in [0.2, 0.25) is 6.10 Å². The molecule has 1 amide bonds. The zero-order chi connectivity index (χ0) is 15.4. The quantitative estimate of drug-likeness (QED) is 0.818. The summed E-state index contributed by atoms with van der Waals surface area (Å²) in [4.78, 5) is 22.9. The maximum Gasteiger partial charge on any atom is 0.334 e. The molecule has 0 saturated heterocycles. The van der Waals surface area contributed by atoms with Crippen LogP contribution in [0.2, 0.25) is 0 Å². The van der Waals surface area contributed by atoms with Gasteiger partial charge in [-0.25, -0.2) is 4.79 Å². The van der Waals surface area contributed by atoms with Gasteiger partial charge in [0.15, 0.2) is 17.6 Å². The van der Waals surface area contributed by atoms with E-state index in [9.17, 15) is 9.59 Å². The van der Waals surface area contributed by atoms with E-state index >= 15 is 0 Å². The number of amides is 1. The Morgan fingerprint density at radius 3 is 2.52 bits per heavy atom. The van der Waals surface area contributed by atoms with Gasteiger partial charge in [0.25, 0.3) is 5.91 Å². The van der Waals surface area contributed by atoms with Crippen LogP contribution in [-0.4, -0.2) is 48.9 Å². The van der Waals surface area contributed by atoms with Crippen LogP contribution in [-0.2, 0) is 14.3 Å². The highest BCUT2D eigenvalue weighted by molar-refractivity contribution is 5.83. The molecule has 0 aliphatic carbocycles. The number of hydrogen-bond acceptors (Lipinski definition) is 5. The lowest BCUT2D eigenvalue weighted by Gasteiger charge is -2.31. The molecule has 2 rings (SSSR count). The zero-order valence-electron chi connectivity index (χ0n) is 11.7. The smallest absolute Gasteiger partial charge is 0.334 e. The van der Waals surface area contributed by atoms with Gasteiger partial charge in [-0.15, -0.1) is 0 Å². The molecule has 1 heterocycles. The van der Waals surface area contributed by atoms with Crippen molar-refractivity contribution in [3.05, 3.63) is 24.3 Å². The number of carboxylic acids is 1. The maximum atomic E-state index is 12.1. The van der Waals surface area contributed by atoms with E-state index in [-0.39, 0.29) is 6.54 Å². The first-order valence-electron chi connectivity index (χ1n) is 6.48. The molecule has 1 aromatic carbocycles. The second-order valence-electron chi connectivity index (χ2n) is 4.62. The number of carbonyl (C=O) groups is 2. The third kappa shape index (κ3) is 3.43. The number of rotatable bonds is 5. The van der Waals surface area contributed by atoms with Crippen molar-refractivity contribution in [1.82, 2.24) is 5.32 Å². The molecule has 0 aromatic heterocycles. The molecule has 0 radical (unpaired) electrons. The van der Waals surface area contributed by atoms with Gasteiger partial charge in [-0.3, -0.25) is 4.79 Å². The fourth-order valence-electron chi connectivity index (χ4n) is 1.97. The summed E-state index contributed by atoms with van der Waals surface area (Å²) >= 11 is 0. The van der Waals surface area contributed by atoms with Crippen LogP contribution < -0.4 is 14.8 Å². The van der Waals surface area contributed by atoms with Crippen molar-refractivity contribution < 1.29 is 28.9 Å². The largest absolute Gasteiger partial charge is 0.482 e. The van der Waals surface area contributed by atoms with Crippen molar-refractivity contribution in [3.63, 3.8) is 0 Å². The maximum absolute atomic E-state index is 12.1. The normalized spacial score (nSPS) is 21.4. The van der Waals surface area contributed by atoms with Crippen LogP contribution in [0.15, 0.2) is 24.3 Å². The van der Waals surface area contributed by atoms with Gasteiger partial charge in [-0.1, -0.05) is 12.1 Å². The van der Waals surface area contributed by atoms with Crippen molar-refractivity contribution in [1.29, 1.82) is 0 Å². The summed E-state index contributed by atoms with van der Waals surface area (Å²) in [6, 6.07) is 7.05. The monoisotopic (exact) mass is 295 g/mol. The number of ether oxygens (including phenoxy) is 3. The molecule has 1 aliphatic rings.